The molecule has 0 unspecified atom stereocenters. The summed E-state index contributed by atoms with van der Waals surface area (Å²) in [6.07, 6.45) is 6.48. The van der Waals surface area contributed by atoms with Gasteiger partial charge in [0.25, 0.3) is 0 Å². The van der Waals surface area contributed by atoms with Crippen LogP contribution in [0.1, 0.15) is 50.7 Å². The highest BCUT2D eigenvalue weighted by Crippen LogP contribution is 2.23. The van der Waals surface area contributed by atoms with Crippen molar-refractivity contribution in [2.24, 2.45) is 0 Å². The summed E-state index contributed by atoms with van der Waals surface area (Å²) in [5, 5.41) is 6.34. The minimum atomic E-state index is 0.615. The second kappa shape index (κ2) is 8.19. The van der Waals surface area contributed by atoms with Gasteiger partial charge in [0, 0.05) is 6.04 Å². The first-order valence-corrected chi connectivity index (χ1v) is 8.39. The molecular formula is C20H29N. The fraction of sp³-hybridized carbons (Fsp3) is 0.500. The van der Waals surface area contributed by atoms with Crippen molar-refractivity contribution in [2.75, 3.05) is 6.54 Å². The quantitative estimate of drug-likeness (QED) is 0.652. The van der Waals surface area contributed by atoms with Crippen molar-refractivity contribution >= 4 is 10.8 Å². The zero-order chi connectivity index (χ0) is 15.1. The van der Waals surface area contributed by atoms with Crippen LogP contribution in [0.5, 0.6) is 0 Å². The van der Waals surface area contributed by atoms with Gasteiger partial charge < -0.3 is 5.32 Å². The second-order valence-electron chi connectivity index (χ2n) is 6.36. The van der Waals surface area contributed by atoms with Gasteiger partial charge in [-0.25, -0.2) is 0 Å². The summed E-state index contributed by atoms with van der Waals surface area (Å²) in [7, 11) is 0. The molecule has 0 aliphatic heterocycles. The Morgan fingerprint density at radius 2 is 1.57 bits per heavy atom. The Bertz CT molecular complexity index is 557. The van der Waals surface area contributed by atoms with E-state index in [4.69, 9.17) is 0 Å². The zero-order valence-corrected chi connectivity index (χ0v) is 13.8. The van der Waals surface area contributed by atoms with Gasteiger partial charge in [-0.2, -0.15) is 0 Å². The van der Waals surface area contributed by atoms with Crippen molar-refractivity contribution in [3.05, 3.63) is 47.5 Å². The number of rotatable bonds is 8. The van der Waals surface area contributed by atoms with Crippen molar-refractivity contribution in [2.45, 2.75) is 58.9 Å². The minimum Gasteiger partial charge on any atom is -0.315 e. The lowest BCUT2D eigenvalue weighted by Crippen LogP contribution is -2.23. The first kappa shape index (κ1) is 16.0. The topological polar surface area (TPSA) is 12.0 Å². The molecular weight excluding hydrogens is 254 g/mol. The van der Waals surface area contributed by atoms with Gasteiger partial charge in [-0.1, -0.05) is 63.1 Å². The lowest BCUT2D eigenvalue weighted by Gasteiger charge is -2.10. The van der Waals surface area contributed by atoms with Gasteiger partial charge >= 0.3 is 0 Å². The molecule has 0 amide bonds. The standard InChI is InChI=1S/C20H29N/c1-16(2)21-15-9-5-4-6-10-18-14-13-17(3)19-11-7-8-12-20(18)19/h7-8,11-14,16,21H,4-6,9-10,15H2,1-3H3. The maximum Gasteiger partial charge on any atom is 0.00103 e. The van der Waals surface area contributed by atoms with Crippen LogP contribution in [0, 0.1) is 6.92 Å². The summed E-state index contributed by atoms with van der Waals surface area (Å²) in [5.74, 6) is 0. The number of benzene rings is 2. The van der Waals surface area contributed by atoms with Crippen LogP contribution in [-0.2, 0) is 6.42 Å². The Labute approximate surface area is 129 Å². The molecule has 0 radical (unpaired) electrons. The fourth-order valence-electron chi connectivity index (χ4n) is 2.91. The van der Waals surface area contributed by atoms with Gasteiger partial charge in [0.1, 0.15) is 0 Å². The number of fused-ring (bicyclic) bond motifs is 1. The monoisotopic (exact) mass is 283 g/mol. The number of hydrogen-bond donors (Lipinski definition) is 1. The van der Waals surface area contributed by atoms with Crippen molar-refractivity contribution in [3.63, 3.8) is 0 Å². The number of hydrogen-bond acceptors (Lipinski definition) is 1. The molecule has 1 N–H and O–H groups in total. The Kier molecular flexibility index (Phi) is 6.25. The third-order valence-corrected chi connectivity index (χ3v) is 4.16. The summed E-state index contributed by atoms with van der Waals surface area (Å²) < 4.78 is 0. The van der Waals surface area contributed by atoms with E-state index in [1.807, 2.05) is 0 Å². The van der Waals surface area contributed by atoms with E-state index in [0.717, 1.165) is 6.54 Å². The van der Waals surface area contributed by atoms with Crippen molar-refractivity contribution in [1.29, 1.82) is 0 Å². The summed E-state index contributed by atoms with van der Waals surface area (Å²) in [4.78, 5) is 0. The lowest BCUT2D eigenvalue weighted by atomic mass is 9.96. The Hall–Kier alpha value is -1.34. The molecule has 0 bridgehead atoms. The fourth-order valence-corrected chi connectivity index (χ4v) is 2.91. The molecule has 2 aromatic rings. The molecule has 0 saturated heterocycles. The van der Waals surface area contributed by atoms with E-state index in [1.54, 1.807) is 0 Å². The molecule has 0 fully saturated rings. The van der Waals surface area contributed by atoms with E-state index in [0.29, 0.717) is 6.04 Å². The molecule has 0 aromatic heterocycles. The van der Waals surface area contributed by atoms with Crippen LogP contribution in [0.4, 0.5) is 0 Å². The second-order valence-corrected chi connectivity index (χ2v) is 6.36. The Morgan fingerprint density at radius 3 is 2.33 bits per heavy atom. The third kappa shape index (κ3) is 4.86. The molecule has 21 heavy (non-hydrogen) atoms. The van der Waals surface area contributed by atoms with Crippen LogP contribution in [0.3, 0.4) is 0 Å². The predicted molar refractivity (Wildman–Crippen MR) is 94.0 cm³/mol. The van der Waals surface area contributed by atoms with Gasteiger partial charge in [-0.3, -0.25) is 0 Å². The van der Waals surface area contributed by atoms with Crippen molar-refractivity contribution in [3.8, 4) is 0 Å². The molecule has 2 aromatic carbocycles. The van der Waals surface area contributed by atoms with E-state index in [1.165, 1.54) is 54.0 Å². The molecule has 0 aliphatic carbocycles. The van der Waals surface area contributed by atoms with Gasteiger partial charge in [-0.05, 0) is 54.6 Å². The largest absolute Gasteiger partial charge is 0.315 e. The molecule has 114 valence electrons. The van der Waals surface area contributed by atoms with Gasteiger partial charge in [-0.15, -0.1) is 0 Å². The number of nitrogens with one attached hydrogen (secondary N) is 1. The summed E-state index contributed by atoms with van der Waals surface area (Å²) in [6.45, 7) is 7.78. The third-order valence-electron chi connectivity index (χ3n) is 4.16. The Morgan fingerprint density at radius 1 is 0.857 bits per heavy atom. The summed E-state index contributed by atoms with van der Waals surface area (Å²) >= 11 is 0. The SMILES string of the molecule is Cc1ccc(CCCCCCNC(C)C)c2ccccc12. The maximum absolute atomic E-state index is 3.48. The molecule has 1 nitrogen and oxygen atoms in total. The van der Waals surface area contributed by atoms with Crippen LogP contribution >= 0.6 is 0 Å². The van der Waals surface area contributed by atoms with E-state index in [2.05, 4.69) is 62.5 Å². The average Bonchev–Trinajstić information content (AvgIpc) is 2.48. The van der Waals surface area contributed by atoms with Gasteiger partial charge in [0.2, 0.25) is 0 Å². The zero-order valence-electron chi connectivity index (χ0n) is 13.8. The van der Waals surface area contributed by atoms with Gasteiger partial charge in [0.15, 0.2) is 0 Å². The highest BCUT2D eigenvalue weighted by Gasteiger charge is 2.03. The number of unbranched alkanes of at least 4 members (excludes halogenated alkanes) is 3. The molecule has 0 aliphatic rings. The van der Waals surface area contributed by atoms with Gasteiger partial charge in [0.05, 0.1) is 0 Å². The van der Waals surface area contributed by atoms with Crippen LogP contribution in [0.25, 0.3) is 10.8 Å². The number of aryl methyl sites for hydroxylation is 2. The maximum atomic E-state index is 3.48. The first-order valence-electron chi connectivity index (χ1n) is 8.39. The van der Waals surface area contributed by atoms with E-state index < -0.39 is 0 Å². The predicted octanol–water partition coefficient (Wildman–Crippen LogP) is 5.25. The average molecular weight is 283 g/mol. The van der Waals surface area contributed by atoms with Crippen LogP contribution < -0.4 is 5.32 Å². The highest BCUT2D eigenvalue weighted by atomic mass is 14.9. The smallest absolute Gasteiger partial charge is 0.00103 e. The van der Waals surface area contributed by atoms with E-state index in [9.17, 15) is 0 Å². The summed E-state index contributed by atoms with van der Waals surface area (Å²) in [5.41, 5.74) is 2.89. The summed E-state index contributed by atoms with van der Waals surface area (Å²) in [6, 6.07) is 14.0. The van der Waals surface area contributed by atoms with E-state index in [-0.39, 0.29) is 0 Å². The molecule has 0 atom stereocenters. The normalized spacial score (nSPS) is 11.4. The minimum absolute atomic E-state index is 0.615. The molecule has 0 spiro atoms. The molecule has 2 rings (SSSR count). The van der Waals surface area contributed by atoms with E-state index >= 15 is 0 Å². The van der Waals surface area contributed by atoms with Crippen LogP contribution in [-0.4, -0.2) is 12.6 Å². The lowest BCUT2D eigenvalue weighted by molar-refractivity contribution is 0.542. The Balaban J connectivity index is 1.80. The van der Waals surface area contributed by atoms with Crippen molar-refractivity contribution < 1.29 is 0 Å². The molecule has 0 heterocycles. The molecule has 0 saturated carbocycles. The first-order chi connectivity index (χ1) is 10.2. The molecule has 1 heteroatoms. The van der Waals surface area contributed by atoms with Crippen molar-refractivity contribution in [1.82, 2.24) is 5.32 Å². The van der Waals surface area contributed by atoms with Crippen LogP contribution in [0.15, 0.2) is 36.4 Å². The highest BCUT2D eigenvalue weighted by molar-refractivity contribution is 5.88. The van der Waals surface area contributed by atoms with Crippen LogP contribution in [0.2, 0.25) is 0 Å².